The third kappa shape index (κ3) is 5.01. The van der Waals surface area contributed by atoms with Crippen LogP contribution in [-0.4, -0.2) is 64.8 Å². The highest BCUT2D eigenvalue weighted by atomic mass is 16.2. The largest absolute Gasteiger partial charge is 0.335 e. The van der Waals surface area contributed by atoms with Gasteiger partial charge in [0.2, 0.25) is 11.9 Å². The average molecular weight is 368 g/mol. The van der Waals surface area contributed by atoms with Gasteiger partial charge in [-0.05, 0) is 38.2 Å². The minimum Gasteiger partial charge on any atom is -0.335 e. The van der Waals surface area contributed by atoms with Gasteiger partial charge in [-0.15, -0.1) is 0 Å². The molecular weight excluding hydrogens is 344 g/mol. The zero-order valence-electron chi connectivity index (χ0n) is 15.8. The zero-order valence-corrected chi connectivity index (χ0v) is 15.8. The van der Waals surface area contributed by atoms with Crippen LogP contribution in [0.5, 0.6) is 0 Å². The van der Waals surface area contributed by atoms with Crippen molar-refractivity contribution in [3.05, 3.63) is 41.7 Å². The molecule has 1 aromatic carbocycles. The van der Waals surface area contributed by atoms with Crippen molar-refractivity contribution in [2.24, 2.45) is 0 Å². The van der Waals surface area contributed by atoms with Gasteiger partial charge < -0.3 is 20.4 Å². The first-order valence-corrected chi connectivity index (χ1v) is 8.89. The van der Waals surface area contributed by atoms with Crippen molar-refractivity contribution < 1.29 is 9.59 Å². The molecule has 27 heavy (non-hydrogen) atoms. The molecule has 2 aromatic rings. The van der Waals surface area contributed by atoms with E-state index in [0.717, 1.165) is 18.8 Å². The van der Waals surface area contributed by atoms with Gasteiger partial charge in [0.1, 0.15) is 5.69 Å². The molecule has 142 valence electrons. The fourth-order valence-corrected chi connectivity index (χ4v) is 2.91. The number of benzene rings is 1. The normalized spacial score (nSPS) is 14.7. The van der Waals surface area contributed by atoms with E-state index in [9.17, 15) is 9.59 Å². The number of aryl methyl sites for hydroxylation is 1. The summed E-state index contributed by atoms with van der Waals surface area (Å²) in [5, 5.41) is 5.85. The van der Waals surface area contributed by atoms with Crippen LogP contribution in [0.15, 0.2) is 30.3 Å². The number of likely N-dealkylation sites (N-methyl/N-ethyl adjacent to an activating group) is 1. The Balaban J connectivity index is 1.77. The van der Waals surface area contributed by atoms with Crippen LogP contribution in [0.25, 0.3) is 0 Å². The highest BCUT2D eigenvalue weighted by molar-refractivity contribution is 5.93. The maximum absolute atomic E-state index is 12.8. The SMILES string of the molecule is CC(=O)Nc1cccc(Nc2nc(C)cc(C(=O)N3CCN(C)CC3)n2)c1. The summed E-state index contributed by atoms with van der Waals surface area (Å²) >= 11 is 0. The molecule has 0 saturated carbocycles. The third-order valence-corrected chi connectivity index (χ3v) is 4.30. The van der Waals surface area contributed by atoms with Gasteiger partial charge in [0.05, 0.1) is 0 Å². The van der Waals surface area contributed by atoms with Crippen LogP contribution < -0.4 is 10.6 Å². The number of piperazine rings is 1. The quantitative estimate of drug-likeness (QED) is 0.856. The molecule has 1 aliphatic rings. The molecule has 2 heterocycles. The lowest BCUT2D eigenvalue weighted by Crippen LogP contribution is -2.47. The lowest BCUT2D eigenvalue weighted by Gasteiger charge is -2.32. The summed E-state index contributed by atoms with van der Waals surface area (Å²) in [6, 6.07) is 8.96. The summed E-state index contributed by atoms with van der Waals surface area (Å²) in [6.07, 6.45) is 0. The number of hydrogen-bond acceptors (Lipinski definition) is 6. The van der Waals surface area contributed by atoms with Gasteiger partial charge >= 0.3 is 0 Å². The molecule has 1 fully saturated rings. The van der Waals surface area contributed by atoms with Crippen molar-refractivity contribution in [3.63, 3.8) is 0 Å². The first-order chi connectivity index (χ1) is 12.9. The number of aromatic nitrogens is 2. The van der Waals surface area contributed by atoms with Crippen LogP contribution in [0.1, 0.15) is 23.1 Å². The Morgan fingerprint density at radius 3 is 2.44 bits per heavy atom. The lowest BCUT2D eigenvalue weighted by atomic mass is 10.2. The Morgan fingerprint density at radius 1 is 1.04 bits per heavy atom. The van der Waals surface area contributed by atoms with Crippen LogP contribution in [0.4, 0.5) is 17.3 Å². The molecule has 1 saturated heterocycles. The molecular formula is C19H24N6O2. The highest BCUT2D eigenvalue weighted by Gasteiger charge is 2.22. The first kappa shape index (κ1) is 18.8. The fourth-order valence-electron chi connectivity index (χ4n) is 2.91. The van der Waals surface area contributed by atoms with E-state index < -0.39 is 0 Å². The second-order valence-corrected chi connectivity index (χ2v) is 6.70. The number of nitrogens with zero attached hydrogens (tertiary/aromatic N) is 4. The first-order valence-electron chi connectivity index (χ1n) is 8.89. The molecule has 1 aromatic heterocycles. The molecule has 2 N–H and O–H groups in total. The van der Waals surface area contributed by atoms with Gasteiger partial charge in [-0.2, -0.15) is 0 Å². The van der Waals surface area contributed by atoms with Gasteiger partial charge in [-0.3, -0.25) is 9.59 Å². The Hall–Kier alpha value is -3.00. The van der Waals surface area contributed by atoms with Crippen LogP contribution in [0, 0.1) is 6.92 Å². The minimum atomic E-state index is -0.140. The summed E-state index contributed by atoms with van der Waals surface area (Å²) in [5.41, 5.74) is 2.49. The van der Waals surface area contributed by atoms with Crippen molar-refractivity contribution >= 4 is 29.1 Å². The second-order valence-electron chi connectivity index (χ2n) is 6.70. The molecule has 2 amide bonds. The molecule has 3 rings (SSSR count). The Labute approximate surface area is 158 Å². The molecule has 0 bridgehead atoms. The van der Waals surface area contributed by atoms with E-state index in [1.54, 1.807) is 18.2 Å². The molecule has 8 nitrogen and oxygen atoms in total. The number of nitrogens with one attached hydrogen (secondary N) is 2. The molecule has 0 spiro atoms. The summed E-state index contributed by atoms with van der Waals surface area (Å²) in [4.78, 5) is 36.8. The van der Waals surface area contributed by atoms with Crippen LogP contribution in [0.2, 0.25) is 0 Å². The highest BCUT2D eigenvalue weighted by Crippen LogP contribution is 2.19. The number of carbonyl (C=O) groups is 2. The van der Waals surface area contributed by atoms with Gasteiger partial charge in [-0.1, -0.05) is 6.07 Å². The standard InChI is InChI=1S/C19H24N6O2/c1-13-11-17(18(27)25-9-7-24(3)8-10-25)23-19(20-13)22-16-6-4-5-15(12-16)21-14(2)26/h4-6,11-12H,7-10H2,1-3H3,(H,21,26)(H,20,22,23). The maximum Gasteiger partial charge on any atom is 0.272 e. The summed E-state index contributed by atoms with van der Waals surface area (Å²) in [7, 11) is 2.05. The van der Waals surface area contributed by atoms with Gasteiger partial charge in [0.15, 0.2) is 0 Å². The Bertz CT molecular complexity index is 846. The van der Waals surface area contributed by atoms with E-state index in [-0.39, 0.29) is 11.8 Å². The molecule has 0 unspecified atom stereocenters. The van der Waals surface area contributed by atoms with Crippen molar-refractivity contribution in [2.45, 2.75) is 13.8 Å². The monoisotopic (exact) mass is 368 g/mol. The predicted octanol–water partition coefficient (Wildman–Crippen LogP) is 1.87. The van der Waals surface area contributed by atoms with Crippen molar-refractivity contribution in [1.82, 2.24) is 19.8 Å². The second kappa shape index (κ2) is 8.13. The number of carbonyl (C=O) groups excluding carboxylic acids is 2. The summed E-state index contributed by atoms with van der Waals surface area (Å²) in [5.74, 6) is 0.134. The van der Waals surface area contributed by atoms with Crippen LogP contribution in [0.3, 0.4) is 0 Å². The smallest absolute Gasteiger partial charge is 0.272 e. The summed E-state index contributed by atoms with van der Waals surface area (Å²) < 4.78 is 0. The number of rotatable bonds is 4. The molecule has 0 atom stereocenters. The van der Waals surface area contributed by atoms with E-state index in [4.69, 9.17) is 0 Å². The molecule has 0 aliphatic carbocycles. The average Bonchev–Trinajstić information content (AvgIpc) is 2.61. The minimum absolute atomic E-state index is 0.0800. The third-order valence-electron chi connectivity index (χ3n) is 4.30. The maximum atomic E-state index is 12.8. The Kier molecular flexibility index (Phi) is 5.66. The van der Waals surface area contributed by atoms with Crippen molar-refractivity contribution in [3.8, 4) is 0 Å². The lowest BCUT2D eigenvalue weighted by molar-refractivity contribution is -0.114. The van der Waals surface area contributed by atoms with Crippen molar-refractivity contribution in [1.29, 1.82) is 0 Å². The van der Waals surface area contributed by atoms with Crippen LogP contribution in [-0.2, 0) is 4.79 Å². The van der Waals surface area contributed by atoms with E-state index in [0.29, 0.717) is 36.1 Å². The number of hydrogen-bond donors (Lipinski definition) is 2. The van der Waals surface area contributed by atoms with E-state index >= 15 is 0 Å². The van der Waals surface area contributed by atoms with Gasteiger partial charge in [0.25, 0.3) is 5.91 Å². The number of amides is 2. The van der Waals surface area contributed by atoms with Crippen molar-refractivity contribution in [2.75, 3.05) is 43.9 Å². The predicted molar refractivity (Wildman–Crippen MR) is 104 cm³/mol. The zero-order chi connectivity index (χ0) is 19.4. The van der Waals surface area contributed by atoms with E-state index in [1.165, 1.54) is 6.92 Å². The molecule has 8 heteroatoms. The topological polar surface area (TPSA) is 90.5 Å². The summed E-state index contributed by atoms with van der Waals surface area (Å²) in [6.45, 7) is 6.40. The molecule has 1 aliphatic heterocycles. The van der Waals surface area contributed by atoms with Gasteiger partial charge in [0, 0.05) is 50.2 Å². The molecule has 0 radical (unpaired) electrons. The fraction of sp³-hybridized carbons (Fsp3) is 0.368. The Morgan fingerprint density at radius 2 is 1.74 bits per heavy atom. The number of anilines is 3. The van der Waals surface area contributed by atoms with Gasteiger partial charge in [-0.25, -0.2) is 9.97 Å². The van der Waals surface area contributed by atoms with Crippen LogP contribution >= 0.6 is 0 Å². The van der Waals surface area contributed by atoms with E-state index in [2.05, 4.69) is 25.5 Å². The van der Waals surface area contributed by atoms with E-state index in [1.807, 2.05) is 31.0 Å².